The van der Waals surface area contributed by atoms with E-state index < -0.39 is 11.7 Å². The van der Waals surface area contributed by atoms with Crippen LogP contribution in [0, 0.1) is 5.41 Å². The lowest BCUT2D eigenvalue weighted by atomic mass is 9.92. The Hall–Kier alpha value is -0.710. The van der Waals surface area contributed by atoms with Crippen molar-refractivity contribution < 1.29 is 13.2 Å². The molecule has 1 nitrogen and oxygen atoms in total. The van der Waals surface area contributed by atoms with Gasteiger partial charge in [-0.25, -0.2) is 0 Å². The minimum Gasteiger partial charge on any atom is -0.381 e. The molecule has 1 atom stereocenters. The lowest BCUT2D eigenvalue weighted by molar-refractivity contribution is -0.137. The van der Waals surface area contributed by atoms with Crippen LogP contribution in [-0.2, 0) is 6.18 Å². The Bertz CT molecular complexity index is 468. The second-order valence-corrected chi connectivity index (χ2v) is 6.79. The highest BCUT2D eigenvalue weighted by Crippen LogP contribution is 2.40. The summed E-state index contributed by atoms with van der Waals surface area (Å²) in [6, 6.07) is 4.08. The van der Waals surface area contributed by atoms with E-state index in [1.807, 2.05) is 0 Å². The molecule has 5 heteroatoms. The summed E-state index contributed by atoms with van der Waals surface area (Å²) in [6.07, 6.45) is -1.06. The van der Waals surface area contributed by atoms with Gasteiger partial charge in [0.1, 0.15) is 0 Å². The van der Waals surface area contributed by atoms with Gasteiger partial charge in [-0.1, -0.05) is 13.8 Å². The number of hydrogen-bond acceptors (Lipinski definition) is 1. The van der Waals surface area contributed by atoms with E-state index in [9.17, 15) is 13.2 Å². The summed E-state index contributed by atoms with van der Waals surface area (Å²) in [5, 5.41) is 3.33. The third kappa shape index (κ3) is 3.65. The fourth-order valence-electron chi connectivity index (χ4n) is 2.59. The summed E-state index contributed by atoms with van der Waals surface area (Å²) in [5.74, 6) is 0. The predicted octanol–water partition coefficient (Wildman–Crippen LogP) is 5.46. The monoisotopic (exact) mass is 335 g/mol. The molecule has 0 saturated heterocycles. The average molecular weight is 336 g/mol. The van der Waals surface area contributed by atoms with E-state index in [0.29, 0.717) is 15.9 Å². The van der Waals surface area contributed by atoms with E-state index in [0.717, 1.165) is 37.1 Å². The number of alkyl halides is 3. The zero-order valence-corrected chi connectivity index (χ0v) is 12.5. The Morgan fingerprint density at radius 1 is 1.32 bits per heavy atom. The van der Waals surface area contributed by atoms with Crippen molar-refractivity contribution in [2.24, 2.45) is 5.41 Å². The molecule has 0 heterocycles. The van der Waals surface area contributed by atoms with Gasteiger partial charge in [0.05, 0.1) is 5.56 Å². The van der Waals surface area contributed by atoms with E-state index >= 15 is 0 Å². The minimum atomic E-state index is -4.30. The quantitative estimate of drug-likeness (QED) is 0.756. The van der Waals surface area contributed by atoms with Crippen LogP contribution < -0.4 is 5.32 Å². The van der Waals surface area contributed by atoms with Gasteiger partial charge in [-0.15, -0.1) is 0 Å². The van der Waals surface area contributed by atoms with Crippen molar-refractivity contribution in [2.45, 2.75) is 45.3 Å². The molecule has 0 spiro atoms. The highest BCUT2D eigenvalue weighted by atomic mass is 79.9. The van der Waals surface area contributed by atoms with Crippen molar-refractivity contribution in [3.8, 4) is 0 Å². The molecule has 1 aliphatic rings. The number of benzene rings is 1. The third-order valence-electron chi connectivity index (χ3n) is 3.62. The van der Waals surface area contributed by atoms with Gasteiger partial charge in [0, 0.05) is 16.2 Å². The molecule has 19 heavy (non-hydrogen) atoms. The SMILES string of the molecule is CC1(C)CCC(Nc2ccc(C(F)(F)F)cc2Br)C1. The molecule has 1 unspecified atom stereocenters. The third-order valence-corrected chi connectivity index (χ3v) is 4.28. The van der Waals surface area contributed by atoms with Crippen LogP contribution in [0.1, 0.15) is 38.7 Å². The lowest BCUT2D eigenvalue weighted by Crippen LogP contribution is -2.18. The number of rotatable bonds is 2. The van der Waals surface area contributed by atoms with E-state index in [1.54, 1.807) is 0 Å². The number of halogens is 4. The van der Waals surface area contributed by atoms with Crippen molar-refractivity contribution in [2.75, 3.05) is 5.32 Å². The molecule has 1 N–H and O–H groups in total. The van der Waals surface area contributed by atoms with E-state index in [2.05, 4.69) is 35.1 Å². The summed E-state index contributed by atoms with van der Waals surface area (Å²) in [5.41, 5.74) is 0.420. The molecule has 1 aromatic carbocycles. The van der Waals surface area contributed by atoms with Crippen LogP contribution in [0.15, 0.2) is 22.7 Å². The summed E-state index contributed by atoms with van der Waals surface area (Å²) in [7, 11) is 0. The van der Waals surface area contributed by atoms with E-state index in [4.69, 9.17) is 0 Å². The van der Waals surface area contributed by atoms with Crippen molar-refractivity contribution in [1.29, 1.82) is 0 Å². The summed E-state index contributed by atoms with van der Waals surface area (Å²) >= 11 is 3.21. The average Bonchev–Trinajstić information content (AvgIpc) is 2.59. The first-order chi connectivity index (χ1) is 8.67. The zero-order valence-electron chi connectivity index (χ0n) is 10.9. The number of anilines is 1. The van der Waals surface area contributed by atoms with Gasteiger partial charge in [0.25, 0.3) is 0 Å². The van der Waals surface area contributed by atoms with Gasteiger partial charge in [0.15, 0.2) is 0 Å². The van der Waals surface area contributed by atoms with Gasteiger partial charge in [-0.05, 0) is 58.8 Å². The van der Waals surface area contributed by atoms with Gasteiger partial charge < -0.3 is 5.32 Å². The highest BCUT2D eigenvalue weighted by molar-refractivity contribution is 9.10. The second-order valence-electron chi connectivity index (χ2n) is 5.94. The van der Waals surface area contributed by atoms with Crippen LogP contribution in [0.4, 0.5) is 18.9 Å². The van der Waals surface area contributed by atoms with Crippen LogP contribution in [0.3, 0.4) is 0 Å². The zero-order chi connectivity index (χ0) is 14.3. The molecule has 1 aromatic rings. The van der Waals surface area contributed by atoms with E-state index in [-0.39, 0.29) is 0 Å². The van der Waals surface area contributed by atoms with Crippen molar-refractivity contribution in [3.05, 3.63) is 28.2 Å². The first-order valence-corrected chi connectivity index (χ1v) is 7.10. The minimum absolute atomic E-state index is 0.316. The van der Waals surface area contributed by atoms with Crippen molar-refractivity contribution in [3.63, 3.8) is 0 Å². The normalized spacial score (nSPS) is 22.5. The van der Waals surface area contributed by atoms with Crippen LogP contribution in [0.5, 0.6) is 0 Å². The molecule has 0 aliphatic heterocycles. The van der Waals surface area contributed by atoms with Crippen LogP contribution in [-0.4, -0.2) is 6.04 Å². The number of hydrogen-bond donors (Lipinski definition) is 1. The Balaban J connectivity index is 2.10. The maximum absolute atomic E-state index is 12.6. The number of nitrogens with one attached hydrogen (secondary N) is 1. The van der Waals surface area contributed by atoms with E-state index in [1.165, 1.54) is 6.07 Å². The van der Waals surface area contributed by atoms with Gasteiger partial charge in [0.2, 0.25) is 0 Å². The van der Waals surface area contributed by atoms with Gasteiger partial charge in [-0.3, -0.25) is 0 Å². The molecular weight excluding hydrogens is 319 g/mol. The molecule has 2 rings (SSSR count). The molecular formula is C14H17BrF3N. The fourth-order valence-corrected chi connectivity index (χ4v) is 3.08. The van der Waals surface area contributed by atoms with Crippen LogP contribution in [0.25, 0.3) is 0 Å². The molecule has 1 saturated carbocycles. The Kier molecular flexibility index (Phi) is 3.87. The summed E-state index contributed by atoms with van der Waals surface area (Å²) in [6.45, 7) is 4.44. The first kappa shape index (κ1) is 14.7. The topological polar surface area (TPSA) is 12.0 Å². The maximum atomic E-state index is 12.6. The Morgan fingerprint density at radius 3 is 2.47 bits per heavy atom. The highest BCUT2D eigenvalue weighted by Gasteiger charge is 2.32. The molecule has 0 radical (unpaired) electrons. The molecule has 0 aromatic heterocycles. The second kappa shape index (κ2) is 5.00. The standard InChI is InChI=1S/C14H17BrF3N/c1-13(2)6-5-10(8-13)19-12-4-3-9(7-11(12)15)14(16,17)18/h3-4,7,10,19H,5-6,8H2,1-2H3. The Morgan fingerprint density at radius 2 is 2.00 bits per heavy atom. The molecule has 1 aliphatic carbocycles. The molecule has 0 bridgehead atoms. The lowest BCUT2D eigenvalue weighted by Gasteiger charge is -2.19. The van der Waals surface area contributed by atoms with Gasteiger partial charge in [-0.2, -0.15) is 13.2 Å². The maximum Gasteiger partial charge on any atom is 0.416 e. The van der Waals surface area contributed by atoms with Gasteiger partial charge >= 0.3 is 6.18 Å². The summed E-state index contributed by atoms with van der Waals surface area (Å²) in [4.78, 5) is 0. The molecule has 1 fully saturated rings. The largest absolute Gasteiger partial charge is 0.416 e. The molecule has 0 amide bonds. The van der Waals surface area contributed by atoms with Crippen molar-refractivity contribution >= 4 is 21.6 Å². The van der Waals surface area contributed by atoms with Crippen LogP contribution in [0.2, 0.25) is 0 Å². The predicted molar refractivity (Wildman–Crippen MR) is 74.2 cm³/mol. The van der Waals surface area contributed by atoms with Crippen LogP contribution >= 0.6 is 15.9 Å². The Labute approximate surface area is 119 Å². The smallest absolute Gasteiger partial charge is 0.381 e. The molecule has 106 valence electrons. The summed E-state index contributed by atoms with van der Waals surface area (Å²) < 4.78 is 38.2. The van der Waals surface area contributed by atoms with Crippen molar-refractivity contribution in [1.82, 2.24) is 0 Å². The fraction of sp³-hybridized carbons (Fsp3) is 0.571. The first-order valence-electron chi connectivity index (χ1n) is 6.31.